The molecule has 0 spiro atoms. The molecule has 2 rings (SSSR count). The van der Waals surface area contributed by atoms with Crippen molar-refractivity contribution in [1.29, 1.82) is 0 Å². The van der Waals surface area contributed by atoms with Crippen molar-refractivity contribution in [2.45, 2.75) is 32.2 Å². The van der Waals surface area contributed by atoms with Crippen molar-refractivity contribution in [1.82, 2.24) is 15.2 Å². The molecule has 1 heterocycles. The summed E-state index contributed by atoms with van der Waals surface area (Å²) in [6, 6.07) is 11.1. The largest absolute Gasteiger partial charge is 0.349 e. The van der Waals surface area contributed by atoms with Gasteiger partial charge < -0.3 is 15.5 Å². The number of rotatable bonds is 7. The highest BCUT2D eigenvalue weighted by Crippen LogP contribution is 2.17. The zero-order valence-electron chi connectivity index (χ0n) is 15.5. The normalized spacial score (nSPS) is 11.5. The lowest BCUT2D eigenvalue weighted by Gasteiger charge is -2.16. The second-order valence-electron chi connectivity index (χ2n) is 6.51. The topological polar surface area (TPSA) is 74.3 Å². The molecule has 6 heteroatoms. The molecule has 0 aliphatic rings. The summed E-state index contributed by atoms with van der Waals surface area (Å²) in [4.78, 5) is 29.7. The summed E-state index contributed by atoms with van der Waals surface area (Å²) in [5.41, 5.74) is 2.74. The first kappa shape index (κ1) is 19.4. The zero-order chi connectivity index (χ0) is 18.9. The molecule has 0 saturated carbocycles. The number of urea groups is 1. The molecule has 0 radical (unpaired) electrons. The molecule has 0 aliphatic heterocycles. The van der Waals surface area contributed by atoms with Gasteiger partial charge in [-0.25, -0.2) is 4.79 Å². The Labute approximate surface area is 154 Å². The number of anilines is 1. The van der Waals surface area contributed by atoms with Crippen molar-refractivity contribution in [2.75, 3.05) is 19.4 Å². The van der Waals surface area contributed by atoms with Gasteiger partial charge in [-0.15, -0.1) is 0 Å². The van der Waals surface area contributed by atoms with Crippen molar-refractivity contribution in [3.8, 4) is 0 Å². The van der Waals surface area contributed by atoms with Crippen LogP contribution in [0.25, 0.3) is 0 Å². The van der Waals surface area contributed by atoms with Gasteiger partial charge in [0.05, 0.1) is 0 Å². The lowest BCUT2D eigenvalue weighted by atomic mass is 10.1. The molecule has 0 fully saturated rings. The van der Waals surface area contributed by atoms with Crippen molar-refractivity contribution >= 4 is 17.6 Å². The van der Waals surface area contributed by atoms with Gasteiger partial charge in [0.15, 0.2) is 0 Å². The third kappa shape index (κ3) is 6.20. The highest BCUT2D eigenvalue weighted by Gasteiger charge is 2.12. The van der Waals surface area contributed by atoms with Crippen LogP contribution in [0.3, 0.4) is 0 Å². The highest BCUT2D eigenvalue weighted by atomic mass is 16.2. The minimum Gasteiger partial charge on any atom is -0.349 e. The highest BCUT2D eigenvalue weighted by molar-refractivity contribution is 5.90. The van der Waals surface area contributed by atoms with E-state index in [1.165, 1.54) is 0 Å². The number of amides is 3. The second kappa shape index (κ2) is 9.56. The van der Waals surface area contributed by atoms with E-state index in [1.807, 2.05) is 43.3 Å². The number of pyridine rings is 1. The summed E-state index contributed by atoms with van der Waals surface area (Å²) in [7, 11) is 3.48. The summed E-state index contributed by atoms with van der Waals surface area (Å²) >= 11 is 0. The van der Waals surface area contributed by atoms with Gasteiger partial charge in [-0.1, -0.05) is 24.3 Å². The Balaban J connectivity index is 1.91. The van der Waals surface area contributed by atoms with Crippen LogP contribution in [0.15, 0.2) is 48.8 Å². The van der Waals surface area contributed by atoms with Crippen LogP contribution in [0, 0.1) is 0 Å². The molecule has 0 aliphatic carbocycles. The standard InChI is InChI=1S/C20H26N4O2/c1-15(13-16-7-6-12-21-14-16)22-20(26)23-18-9-5-4-8-17(18)10-11-19(25)24(2)3/h4-9,12,14-15H,10-11,13H2,1-3H3,(H2,22,23,26). The second-order valence-corrected chi connectivity index (χ2v) is 6.51. The molecule has 0 saturated heterocycles. The van der Waals surface area contributed by atoms with Crippen LogP contribution >= 0.6 is 0 Å². The molecule has 6 nitrogen and oxygen atoms in total. The van der Waals surface area contributed by atoms with E-state index in [1.54, 1.807) is 31.4 Å². The SMILES string of the molecule is CC(Cc1cccnc1)NC(=O)Nc1ccccc1CCC(=O)N(C)C. The van der Waals surface area contributed by atoms with Gasteiger partial charge in [0.2, 0.25) is 5.91 Å². The number of hydrogen-bond acceptors (Lipinski definition) is 3. The van der Waals surface area contributed by atoms with Crippen LogP contribution in [0.5, 0.6) is 0 Å². The van der Waals surface area contributed by atoms with Crippen LogP contribution in [0.4, 0.5) is 10.5 Å². The number of nitrogens with one attached hydrogen (secondary N) is 2. The average Bonchev–Trinajstić information content (AvgIpc) is 2.61. The van der Waals surface area contributed by atoms with Crippen molar-refractivity contribution in [2.24, 2.45) is 0 Å². The summed E-state index contributed by atoms with van der Waals surface area (Å²) in [5, 5.41) is 5.82. The Morgan fingerprint density at radius 1 is 1.15 bits per heavy atom. The molecule has 2 aromatic rings. The summed E-state index contributed by atoms with van der Waals surface area (Å²) in [6.07, 6.45) is 5.23. The number of carbonyl (C=O) groups excluding carboxylic acids is 2. The summed E-state index contributed by atoms with van der Waals surface area (Å²) in [6.45, 7) is 1.95. The van der Waals surface area contributed by atoms with Gasteiger partial charge in [-0.2, -0.15) is 0 Å². The van der Waals surface area contributed by atoms with Gasteiger partial charge in [0.1, 0.15) is 0 Å². The molecule has 26 heavy (non-hydrogen) atoms. The smallest absolute Gasteiger partial charge is 0.319 e. The maximum absolute atomic E-state index is 12.3. The van der Waals surface area contributed by atoms with E-state index in [0.29, 0.717) is 19.3 Å². The molecule has 1 aromatic carbocycles. The molecule has 3 amide bonds. The van der Waals surface area contributed by atoms with Crippen LogP contribution in [0.2, 0.25) is 0 Å². The van der Waals surface area contributed by atoms with Gasteiger partial charge in [-0.3, -0.25) is 9.78 Å². The van der Waals surface area contributed by atoms with Gasteiger partial charge in [0.25, 0.3) is 0 Å². The minimum atomic E-state index is -0.257. The van der Waals surface area contributed by atoms with E-state index in [4.69, 9.17) is 0 Å². The summed E-state index contributed by atoms with van der Waals surface area (Å²) in [5.74, 6) is 0.0642. The predicted octanol–water partition coefficient (Wildman–Crippen LogP) is 2.86. The van der Waals surface area contributed by atoms with E-state index >= 15 is 0 Å². The minimum absolute atomic E-state index is 0.0262. The Kier molecular flexibility index (Phi) is 7.14. The predicted molar refractivity (Wildman–Crippen MR) is 103 cm³/mol. The maximum atomic E-state index is 12.3. The van der Waals surface area contributed by atoms with Gasteiger partial charge in [0, 0.05) is 44.6 Å². The Hall–Kier alpha value is -2.89. The fraction of sp³-hybridized carbons (Fsp3) is 0.350. The van der Waals surface area contributed by atoms with Crippen molar-refractivity contribution in [3.63, 3.8) is 0 Å². The maximum Gasteiger partial charge on any atom is 0.319 e. The third-order valence-corrected chi connectivity index (χ3v) is 4.01. The van der Waals surface area contributed by atoms with Crippen molar-refractivity contribution in [3.05, 3.63) is 59.9 Å². The van der Waals surface area contributed by atoms with E-state index in [-0.39, 0.29) is 18.0 Å². The Morgan fingerprint density at radius 3 is 2.62 bits per heavy atom. The van der Waals surface area contributed by atoms with Crippen LogP contribution in [0.1, 0.15) is 24.5 Å². The molecule has 1 aromatic heterocycles. The molecule has 1 unspecified atom stereocenters. The third-order valence-electron chi connectivity index (χ3n) is 4.01. The number of para-hydroxylation sites is 1. The number of aromatic nitrogens is 1. The van der Waals surface area contributed by atoms with Crippen molar-refractivity contribution < 1.29 is 9.59 Å². The molecular weight excluding hydrogens is 328 g/mol. The molecular formula is C20H26N4O2. The number of hydrogen-bond donors (Lipinski definition) is 2. The zero-order valence-corrected chi connectivity index (χ0v) is 15.5. The first-order valence-electron chi connectivity index (χ1n) is 8.70. The molecule has 1 atom stereocenters. The van der Waals surface area contributed by atoms with E-state index in [2.05, 4.69) is 15.6 Å². The average molecular weight is 354 g/mol. The Bertz CT molecular complexity index is 732. The first-order valence-corrected chi connectivity index (χ1v) is 8.70. The van der Waals surface area contributed by atoms with E-state index in [0.717, 1.165) is 16.8 Å². The quantitative estimate of drug-likeness (QED) is 0.803. The lowest BCUT2D eigenvalue weighted by molar-refractivity contribution is -0.128. The van der Waals surface area contributed by atoms with E-state index in [9.17, 15) is 9.59 Å². The lowest BCUT2D eigenvalue weighted by Crippen LogP contribution is -2.37. The van der Waals surface area contributed by atoms with Gasteiger partial charge in [-0.05, 0) is 43.0 Å². The van der Waals surface area contributed by atoms with Crippen LogP contribution < -0.4 is 10.6 Å². The summed E-state index contributed by atoms with van der Waals surface area (Å²) < 4.78 is 0. The number of aryl methyl sites for hydroxylation is 1. The number of carbonyl (C=O) groups is 2. The monoisotopic (exact) mass is 354 g/mol. The van der Waals surface area contributed by atoms with Gasteiger partial charge >= 0.3 is 6.03 Å². The van der Waals surface area contributed by atoms with E-state index < -0.39 is 0 Å². The molecule has 0 bridgehead atoms. The van der Waals surface area contributed by atoms with Crippen LogP contribution in [-0.2, 0) is 17.6 Å². The number of benzene rings is 1. The fourth-order valence-corrected chi connectivity index (χ4v) is 2.63. The fourth-order valence-electron chi connectivity index (χ4n) is 2.63. The molecule has 138 valence electrons. The number of nitrogens with zero attached hydrogens (tertiary/aromatic N) is 2. The Morgan fingerprint density at radius 2 is 1.92 bits per heavy atom. The van der Waals surface area contributed by atoms with Crippen LogP contribution in [-0.4, -0.2) is 42.0 Å². The first-order chi connectivity index (χ1) is 12.5. The molecule has 2 N–H and O–H groups in total.